The first kappa shape index (κ1) is 15.5. The molecule has 8 heteroatoms. The number of fused-ring (bicyclic) bond motifs is 1. The van der Waals surface area contributed by atoms with Gasteiger partial charge in [0.1, 0.15) is 11.3 Å². The van der Waals surface area contributed by atoms with Gasteiger partial charge in [0.05, 0.1) is 7.11 Å². The van der Waals surface area contributed by atoms with Crippen molar-refractivity contribution in [1.29, 1.82) is 0 Å². The van der Waals surface area contributed by atoms with Crippen LogP contribution >= 0.6 is 0 Å². The summed E-state index contributed by atoms with van der Waals surface area (Å²) in [6, 6.07) is 5.37. The van der Waals surface area contributed by atoms with Crippen molar-refractivity contribution >= 4 is 22.9 Å². The molecule has 0 aliphatic rings. The quantitative estimate of drug-likeness (QED) is 0.528. The summed E-state index contributed by atoms with van der Waals surface area (Å²) in [4.78, 5) is 33.6. The zero-order valence-electron chi connectivity index (χ0n) is 11.4. The number of carboxylic acid groups (broad SMARTS) is 2. The van der Waals surface area contributed by atoms with Gasteiger partial charge in [0, 0.05) is 23.9 Å². The summed E-state index contributed by atoms with van der Waals surface area (Å²) < 4.78 is 9.95. The molecule has 1 heterocycles. The summed E-state index contributed by atoms with van der Waals surface area (Å²) in [5.41, 5.74) is -3.70. The van der Waals surface area contributed by atoms with Crippen molar-refractivity contribution in [2.75, 3.05) is 7.11 Å². The highest BCUT2D eigenvalue weighted by Gasteiger charge is 2.45. The molecule has 0 aliphatic heterocycles. The van der Waals surface area contributed by atoms with Crippen LogP contribution in [0, 0.1) is 0 Å². The van der Waals surface area contributed by atoms with Gasteiger partial charge in [-0.25, -0.2) is 14.4 Å². The predicted molar refractivity (Wildman–Crippen MR) is 73.0 cm³/mol. The molecule has 22 heavy (non-hydrogen) atoms. The van der Waals surface area contributed by atoms with E-state index in [0.29, 0.717) is 11.1 Å². The molecule has 3 N–H and O–H groups in total. The Hall–Kier alpha value is -2.87. The van der Waals surface area contributed by atoms with Gasteiger partial charge in [0.15, 0.2) is 0 Å². The maximum Gasteiger partial charge on any atom is 0.347 e. The maximum absolute atomic E-state index is 11.5. The topological polar surface area (TPSA) is 134 Å². The maximum atomic E-state index is 11.5. The monoisotopic (exact) mass is 308 g/mol. The highest BCUT2D eigenvalue weighted by Crippen LogP contribution is 2.25. The van der Waals surface area contributed by atoms with Crippen molar-refractivity contribution in [2.24, 2.45) is 0 Å². The van der Waals surface area contributed by atoms with E-state index in [4.69, 9.17) is 19.4 Å². The molecule has 0 spiro atoms. The normalized spacial score (nSPS) is 11.4. The molecule has 0 fully saturated rings. The summed E-state index contributed by atoms with van der Waals surface area (Å²) in [6.07, 6.45) is -0.786. The third-order valence-corrected chi connectivity index (χ3v) is 3.19. The number of carbonyl (C=O) groups is 2. The second kappa shape index (κ2) is 5.49. The summed E-state index contributed by atoms with van der Waals surface area (Å²) in [5.74, 6) is -3.44. The minimum Gasteiger partial charge on any atom is -0.497 e. The number of ether oxygens (including phenoxy) is 1. The van der Waals surface area contributed by atoms with E-state index < -0.39 is 29.6 Å². The first-order chi connectivity index (χ1) is 10.3. The minimum absolute atomic E-state index is 0.0428. The van der Waals surface area contributed by atoms with Gasteiger partial charge in [-0.3, -0.25) is 0 Å². The Labute approximate surface area is 123 Å². The van der Waals surface area contributed by atoms with Crippen LogP contribution in [0.2, 0.25) is 0 Å². The fourth-order valence-corrected chi connectivity index (χ4v) is 2.00. The van der Waals surface area contributed by atoms with Gasteiger partial charge < -0.3 is 24.5 Å². The van der Waals surface area contributed by atoms with Gasteiger partial charge in [-0.15, -0.1) is 0 Å². The third-order valence-electron chi connectivity index (χ3n) is 3.19. The van der Waals surface area contributed by atoms with E-state index in [9.17, 15) is 19.5 Å². The zero-order chi connectivity index (χ0) is 16.5. The standard InChI is InChI=1S/C14H12O8/c1-21-8-2-3-9-7(4-11(15)22-10(9)5-8)6-14(20,12(16)17)13(18)19/h2-5,20H,6H2,1H3,(H,16,17)(H,18,19). The number of aliphatic hydroxyl groups is 1. The van der Waals surface area contributed by atoms with Crippen LogP contribution in [0.1, 0.15) is 5.56 Å². The van der Waals surface area contributed by atoms with Crippen molar-refractivity contribution in [1.82, 2.24) is 0 Å². The lowest BCUT2D eigenvalue weighted by Crippen LogP contribution is -2.48. The SMILES string of the molecule is COc1ccc2c(CC(O)(C(=O)O)C(=O)O)cc(=O)oc2c1. The molecule has 0 saturated carbocycles. The van der Waals surface area contributed by atoms with Gasteiger partial charge in [0.2, 0.25) is 0 Å². The van der Waals surface area contributed by atoms with Crippen molar-refractivity contribution in [2.45, 2.75) is 12.0 Å². The molecule has 116 valence electrons. The molecule has 0 atom stereocenters. The van der Waals surface area contributed by atoms with Crippen LogP contribution in [0.15, 0.2) is 33.5 Å². The highest BCUT2D eigenvalue weighted by atomic mass is 16.5. The lowest BCUT2D eigenvalue weighted by Gasteiger charge is -2.18. The molecule has 0 saturated heterocycles. The number of aliphatic carboxylic acids is 2. The van der Waals surface area contributed by atoms with Crippen molar-refractivity contribution in [3.63, 3.8) is 0 Å². The van der Waals surface area contributed by atoms with Gasteiger partial charge in [-0.05, 0) is 17.7 Å². The third kappa shape index (κ3) is 2.63. The van der Waals surface area contributed by atoms with Crippen molar-refractivity contribution in [3.05, 3.63) is 40.2 Å². The second-order valence-electron chi connectivity index (χ2n) is 4.60. The minimum atomic E-state index is -3.04. The van der Waals surface area contributed by atoms with Crippen LogP contribution in [-0.4, -0.2) is 40.0 Å². The van der Waals surface area contributed by atoms with E-state index in [2.05, 4.69) is 0 Å². The van der Waals surface area contributed by atoms with Crippen LogP contribution in [-0.2, 0) is 16.0 Å². The van der Waals surface area contributed by atoms with Crippen molar-refractivity contribution in [3.8, 4) is 5.75 Å². The fourth-order valence-electron chi connectivity index (χ4n) is 2.00. The first-order valence-corrected chi connectivity index (χ1v) is 6.08. The molecular weight excluding hydrogens is 296 g/mol. The first-order valence-electron chi connectivity index (χ1n) is 6.08. The Kier molecular flexibility index (Phi) is 3.87. The largest absolute Gasteiger partial charge is 0.497 e. The molecule has 1 aromatic carbocycles. The zero-order valence-corrected chi connectivity index (χ0v) is 11.4. The van der Waals surface area contributed by atoms with Crippen molar-refractivity contribution < 1.29 is 34.1 Å². The van der Waals surface area contributed by atoms with E-state index >= 15 is 0 Å². The Morgan fingerprint density at radius 2 is 1.86 bits per heavy atom. The molecule has 1 aromatic heterocycles. The molecule has 2 rings (SSSR count). The van der Waals surface area contributed by atoms with Crippen LogP contribution in [0.5, 0.6) is 5.75 Å². The average molecular weight is 308 g/mol. The van der Waals surface area contributed by atoms with E-state index in [0.717, 1.165) is 6.07 Å². The summed E-state index contributed by atoms with van der Waals surface area (Å²) in [5, 5.41) is 28.0. The Bertz CT molecular complexity index is 790. The Morgan fingerprint density at radius 1 is 1.23 bits per heavy atom. The predicted octanol–water partition coefficient (Wildman–Crippen LogP) is 0.244. The summed E-state index contributed by atoms with van der Waals surface area (Å²) in [6.45, 7) is 0. The number of methoxy groups -OCH3 is 1. The molecule has 8 nitrogen and oxygen atoms in total. The van der Waals surface area contributed by atoms with Crippen LogP contribution in [0.25, 0.3) is 11.0 Å². The molecule has 0 aliphatic carbocycles. The molecule has 0 radical (unpaired) electrons. The summed E-state index contributed by atoms with van der Waals surface area (Å²) >= 11 is 0. The van der Waals surface area contributed by atoms with E-state index in [1.807, 2.05) is 0 Å². The highest BCUT2D eigenvalue weighted by molar-refractivity contribution is 6.02. The van der Waals surface area contributed by atoms with Gasteiger partial charge in [-0.2, -0.15) is 0 Å². The average Bonchev–Trinajstić information content (AvgIpc) is 2.45. The second-order valence-corrected chi connectivity index (χ2v) is 4.60. The number of hydrogen-bond donors (Lipinski definition) is 3. The molecule has 2 aromatic rings. The molecule has 0 unspecified atom stereocenters. The van der Waals surface area contributed by atoms with Gasteiger partial charge in [-0.1, -0.05) is 0 Å². The van der Waals surface area contributed by atoms with Crippen LogP contribution < -0.4 is 10.4 Å². The molecule has 0 bridgehead atoms. The van der Waals surface area contributed by atoms with Gasteiger partial charge in [0.25, 0.3) is 5.60 Å². The van der Waals surface area contributed by atoms with E-state index in [-0.39, 0.29) is 11.1 Å². The van der Waals surface area contributed by atoms with Crippen LogP contribution in [0.3, 0.4) is 0 Å². The molecular formula is C14H12O8. The Morgan fingerprint density at radius 3 is 2.41 bits per heavy atom. The Balaban J connectivity index is 2.63. The van der Waals surface area contributed by atoms with Gasteiger partial charge >= 0.3 is 17.6 Å². The number of hydrogen-bond acceptors (Lipinski definition) is 6. The fraction of sp³-hybridized carbons (Fsp3) is 0.214. The smallest absolute Gasteiger partial charge is 0.347 e. The summed E-state index contributed by atoms with van der Waals surface area (Å²) in [7, 11) is 1.41. The van der Waals surface area contributed by atoms with Crippen LogP contribution in [0.4, 0.5) is 0 Å². The number of rotatable bonds is 5. The lowest BCUT2D eigenvalue weighted by molar-refractivity contribution is -0.175. The number of benzene rings is 1. The lowest BCUT2D eigenvalue weighted by atomic mass is 9.93. The number of carboxylic acids is 2. The van der Waals surface area contributed by atoms with E-state index in [1.54, 1.807) is 0 Å². The molecule has 0 amide bonds. The van der Waals surface area contributed by atoms with E-state index in [1.165, 1.54) is 25.3 Å².